The second-order valence-electron chi connectivity index (χ2n) is 4.64. The van der Waals surface area contributed by atoms with Crippen LogP contribution in [0.5, 0.6) is 5.75 Å². The van der Waals surface area contributed by atoms with Crippen molar-refractivity contribution in [1.82, 2.24) is 5.32 Å². The normalized spacial score (nSPS) is 13.6. The number of nitro benzene ring substituents is 1. The van der Waals surface area contributed by atoms with Crippen LogP contribution in [0, 0.1) is 17.0 Å². The molecule has 20 heavy (non-hydrogen) atoms. The lowest BCUT2D eigenvalue weighted by Gasteiger charge is -2.25. The number of aliphatic carboxylic acids is 1. The summed E-state index contributed by atoms with van der Waals surface area (Å²) in [5.74, 6) is -0.974. The van der Waals surface area contributed by atoms with Gasteiger partial charge in [-0.2, -0.15) is 0 Å². The van der Waals surface area contributed by atoms with Crippen molar-refractivity contribution in [3.8, 4) is 5.75 Å². The third-order valence-corrected chi connectivity index (χ3v) is 2.93. The van der Waals surface area contributed by atoms with Crippen LogP contribution >= 0.6 is 0 Å². The van der Waals surface area contributed by atoms with Crippen molar-refractivity contribution in [1.29, 1.82) is 0 Å². The number of hydrogen-bond acceptors (Lipinski definition) is 5. The predicted molar refractivity (Wildman–Crippen MR) is 73.0 cm³/mol. The molecule has 0 aliphatic heterocycles. The van der Waals surface area contributed by atoms with E-state index >= 15 is 0 Å². The Kier molecular flexibility index (Phi) is 5.04. The van der Waals surface area contributed by atoms with Crippen molar-refractivity contribution < 1.29 is 19.6 Å². The number of carbonyl (C=O) groups is 1. The average molecular weight is 282 g/mol. The summed E-state index contributed by atoms with van der Waals surface area (Å²) in [6.45, 7) is 5.16. The highest BCUT2D eigenvalue weighted by atomic mass is 16.6. The van der Waals surface area contributed by atoms with Gasteiger partial charge < -0.3 is 9.84 Å². The van der Waals surface area contributed by atoms with Crippen molar-refractivity contribution in [2.45, 2.75) is 26.3 Å². The lowest BCUT2D eigenvalue weighted by atomic mass is 10.0. The van der Waals surface area contributed by atoms with E-state index in [0.717, 1.165) is 0 Å². The Morgan fingerprint density at radius 3 is 2.70 bits per heavy atom. The first-order valence-electron chi connectivity index (χ1n) is 6.17. The van der Waals surface area contributed by atoms with Gasteiger partial charge in [-0.3, -0.25) is 20.2 Å². The van der Waals surface area contributed by atoms with Gasteiger partial charge in [0.1, 0.15) is 12.1 Å². The lowest BCUT2D eigenvalue weighted by Crippen LogP contribution is -2.53. The Morgan fingerprint density at radius 2 is 2.20 bits per heavy atom. The van der Waals surface area contributed by atoms with E-state index in [9.17, 15) is 20.0 Å². The largest absolute Gasteiger partial charge is 0.484 e. The number of hydrogen-bond donors (Lipinski definition) is 2. The van der Waals surface area contributed by atoms with Crippen LogP contribution in [0.4, 0.5) is 5.69 Å². The molecular formula is C13H18N2O5. The minimum Gasteiger partial charge on any atom is -0.484 e. The third kappa shape index (κ3) is 3.45. The van der Waals surface area contributed by atoms with E-state index in [0.29, 0.717) is 12.1 Å². The molecule has 0 aliphatic rings. The molecule has 0 heterocycles. The highest BCUT2D eigenvalue weighted by molar-refractivity contribution is 5.78. The minimum atomic E-state index is -1.30. The fraction of sp³-hybridized carbons (Fsp3) is 0.462. The summed E-state index contributed by atoms with van der Waals surface area (Å²) >= 11 is 0. The number of para-hydroxylation sites is 1. The summed E-state index contributed by atoms with van der Waals surface area (Å²) in [5, 5.41) is 23.0. The van der Waals surface area contributed by atoms with E-state index in [1.807, 2.05) is 0 Å². The van der Waals surface area contributed by atoms with Crippen LogP contribution in [0.25, 0.3) is 0 Å². The van der Waals surface area contributed by atoms with Crippen LogP contribution < -0.4 is 10.1 Å². The molecule has 1 aromatic carbocycles. The van der Waals surface area contributed by atoms with Gasteiger partial charge in [0, 0.05) is 6.07 Å². The number of aryl methyl sites for hydroxylation is 1. The number of benzene rings is 1. The first-order chi connectivity index (χ1) is 9.31. The summed E-state index contributed by atoms with van der Waals surface area (Å²) in [6, 6.07) is 4.56. The fourth-order valence-corrected chi connectivity index (χ4v) is 1.76. The number of carboxylic acid groups (broad SMARTS) is 1. The van der Waals surface area contributed by atoms with Crippen molar-refractivity contribution in [3.05, 3.63) is 33.9 Å². The number of rotatable bonds is 7. The quantitative estimate of drug-likeness (QED) is 0.583. The van der Waals surface area contributed by atoms with E-state index < -0.39 is 16.4 Å². The number of nitrogens with one attached hydrogen (secondary N) is 1. The van der Waals surface area contributed by atoms with Gasteiger partial charge in [-0.15, -0.1) is 0 Å². The predicted octanol–water partition coefficient (Wildman–Crippen LogP) is 1.73. The Balaban J connectivity index is 2.99. The van der Waals surface area contributed by atoms with Crippen LogP contribution in [0.1, 0.15) is 19.4 Å². The number of nitrogens with zero attached hydrogens (tertiary/aromatic N) is 1. The van der Waals surface area contributed by atoms with Crippen LogP contribution in [-0.2, 0) is 4.79 Å². The SMILES string of the molecule is CCNC(C)(COc1c(C)cccc1[N+](=O)[O-])C(=O)O. The smallest absolute Gasteiger partial charge is 0.327 e. The number of nitro groups is 1. The van der Waals surface area contributed by atoms with E-state index in [1.165, 1.54) is 13.0 Å². The Labute approximate surface area is 116 Å². The van der Waals surface area contributed by atoms with Crippen LogP contribution in [0.2, 0.25) is 0 Å². The molecule has 0 bridgehead atoms. The third-order valence-electron chi connectivity index (χ3n) is 2.93. The Morgan fingerprint density at radius 1 is 1.55 bits per heavy atom. The molecular weight excluding hydrogens is 264 g/mol. The van der Waals surface area contributed by atoms with Gasteiger partial charge in [-0.25, -0.2) is 0 Å². The van der Waals surface area contributed by atoms with Crippen molar-refractivity contribution in [3.63, 3.8) is 0 Å². The van der Waals surface area contributed by atoms with Gasteiger partial charge in [0.05, 0.1) is 4.92 Å². The molecule has 0 aliphatic carbocycles. The van der Waals surface area contributed by atoms with Gasteiger partial charge in [-0.1, -0.05) is 19.1 Å². The number of ether oxygens (including phenoxy) is 1. The highest BCUT2D eigenvalue weighted by Crippen LogP contribution is 2.30. The second-order valence-corrected chi connectivity index (χ2v) is 4.64. The maximum atomic E-state index is 11.3. The van der Waals surface area contributed by atoms with Gasteiger partial charge in [0.2, 0.25) is 0 Å². The lowest BCUT2D eigenvalue weighted by molar-refractivity contribution is -0.386. The van der Waals surface area contributed by atoms with Crippen LogP contribution in [0.3, 0.4) is 0 Å². The average Bonchev–Trinajstić information content (AvgIpc) is 2.37. The molecule has 0 saturated heterocycles. The molecule has 110 valence electrons. The highest BCUT2D eigenvalue weighted by Gasteiger charge is 2.34. The molecule has 2 N–H and O–H groups in total. The summed E-state index contributed by atoms with van der Waals surface area (Å²) in [4.78, 5) is 21.7. The van der Waals surface area contributed by atoms with Crippen LogP contribution in [-0.4, -0.2) is 34.7 Å². The zero-order valence-electron chi connectivity index (χ0n) is 11.7. The molecule has 0 amide bonds. The Bertz CT molecular complexity index is 517. The standard InChI is InChI=1S/C13H18N2O5/c1-4-14-13(3,12(16)17)8-20-11-9(2)6-5-7-10(11)15(18)19/h5-7,14H,4,8H2,1-3H3,(H,16,17). The minimum absolute atomic E-state index is 0.0999. The Hall–Kier alpha value is -2.15. The number of likely N-dealkylation sites (N-methyl/N-ethyl adjacent to an activating group) is 1. The van der Waals surface area contributed by atoms with Gasteiger partial charge in [0.15, 0.2) is 5.75 Å². The zero-order chi connectivity index (χ0) is 15.3. The number of carboxylic acids is 1. The molecule has 0 spiro atoms. The zero-order valence-corrected chi connectivity index (χ0v) is 11.7. The monoisotopic (exact) mass is 282 g/mol. The van der Waals surface area contributed by atoms with Crippen molar-refractivity contribution >= 4 is 11.7 Å². The maximum Gasteiger partial charge on any atom is 0.327 e. The molecule has 1 atom stereocenters. The summed E-state index contributed by atoms with van der Waals surface area (Å²) in [7, 11) is 0. The first-order valence-corrected chi connectivity index (χ1v) is 6.17. The van der Waals surface area contributed by atoms with E-state index in [2.05, 4.69) is 5.32 Å². The van der Waals surface area contributed by atoms with E-state index in [-0.39, 0.29) is 18.0 Å². The fourth-order valence-electron chi connectivity index (χ4n) is 1.76. The van der Waals surface area contributed by atoms with Crippen LogP contribution in [0.15, 0.2) is 18.2 Å². The van der Waals surface area contributed by atoms with Gasteiger partial charge in [-0.05, 0) is 26.0 Å². The topological polar surface area (TPSA) is 102 Å². The summed E-state index contributed by atoms with van der Waals surface area (Å²) < 4.78 is 5.42. The molecule has 0 saturated carbocycles. The molecule has 1 unspecified atom stereocenters. The van der Waals surface area contributed by atoms with Crippen molar-refractivity contribution in [2.24, 2.45) is 0 Å². The molecule has 0 radical (unpaired) electrons. The van der Waals surface area contributed by atoms with Gasteiger partial charge >= 0.3 is 11.7 Å². The maximum absolute atomic E-state index is 11.3. The molecule has 1 aromatic rings. The van der Waals surface area contributed by atoms with E-state index in [1.54, 1.807) is 26.0 Å². The molecule has 0 aromatic heterocycles. The second kappa shape index (κ2) is 6.33. The van der Waals surface area contributed by atoms with E-state index in [4.69, 9.17) is 4.74 Å². The first kappa shape index (κ1) is 15.9. The summed E-state index contributed by atoms with van der Waals surface area (Å²) in [6.07, 6.45) is 0. The molecule has 7 nitrogen and oxygen atoms in total. The van der Waals surface area contributed by atoms with Crippen molar-refractivity contribution in [2.75, 3.05) is 13.2 Å². The van der Waals surface area contributed by atoms with Gasteiger partial charge in [0.25, 0.3) is 0 Å². The molecule has 0 fully saturated rings. The molecule has 7 heteroatoms. The summed E-state index contributed by atoms with van der Waals surface area (Å²) in [5.41, 5.74) is -0.886. The molecule has 1 rings (SSSR count).